The molecule has 0 aliphatic carbocycles. The lowest BCUT2D eigenvalue weighted by Crippen LogP contribution is -2.15. The fourth-order valence-electron chi connectivity index (χ4n) is 2.22. The summed E-state index contributed by atoms with van der Waals surface area (Å²) in [6, 6.07) is 9.82. The molecule has 0 aliphatic rings. The Balaban J connectivity index is 1.73. The van der Waals surface area contributed by atoms with E-state index in [0.29, 0.717) is 5.16 Å². The number of hydrogen-bond donors (Lipinski definition) is 2. The number of thioether (sulfide) groups is 1. The zero-order valence-electron chi connectivity index (χ0n) is 12.8. The highest BCUT2D eigenvalue weighted by atomic mass is 32.2. The van der Waals surface area contributed by atoms with Gasteiger partial charge in [0.15, 0.2) is 5.16 Å². The number of hydrogen-bond acceptors (Lipinski definition) is 5. The van der Waals surface area contributed by atoms with Crippen LogP contribution in [0.4, 0.5) is 5.69 Å². The highest BCUT2D eigenvalue weighted by molar-refractivity contribution is 7.99. The van der Waals surface area contributed by atoms with Gasteiger partial charge >= 0.3 is 0 Å². The molecule has 1 aromatic carbocycles. The molecule has 23 heavy (non-hydrogen) atoms. The summed E-state index contributed by atoms with van der Waals surface area (Å²) in [6.45, 7) is 3.82. The number of H-pyrrole nitrogens is 1. The van der Waals surface area contributed by atoms with Crippen molar-refractivity contribution in [3.05, 3.63) is 48.0 Å². The van der Waals surface area contributed by atoms with Crippen LogP contribution in [-0.2, 0) is 4.79 Å². The SMILES string of the molecule is Cc1nn(-c2ccccc2)c(C)c1NC(=O)CSc1ncn[nH]1. The van der Waals surface area contributed by atoms with Crippen molar-refractivity contribution in [2.75, 3.05) is 11.1 Å². The zero-order valence-corrected chi connectivity index (χ0v) is 13.6. The molecule has 2 N–H and O–H groups in total. The van der Waals surface area contributed by atoms with E-state index in [1.54, 1.807) is 0 Å². The number of aryl methyl sites for hydroxylation is 1. The summed E-state index contributed by atoms with van der Waals surface area (Å²) in [6.07, 6.45) is 1.42. The van der Waals surface area contributed by atoms with Gasteiger partial charge in [-0.1, -0.05) is 30.0 Å². The lowest BCUT2D eigenvalue weighted by atomic mass is 10.3. The van der Waals surface area contributed by atoms with E-state index in [4.69, 9.17) is 0 Å². The van der Waals surface area contributed by atoms with Crippen LogP contribution in [0.3, 0.4) is 0 Å². The number of para-hydroxylation sites is 1. The number of nitrogens with one attached hydrogen (secondary N) is 2. The van der Waals surface area contributed by atoms with Crippen molar-refractivity contribution in [2.24, 2.45) is 0 Å². The average molecular weight is 328 g/mol. The van der Waals surface area contributed by atoms with E-state index < -0.39 is 0 Å². The molecule has 3 rings (SSSR count). The van der Waals surface area contributed by atoms with Crippen LogP contribution in [0, 0.1) is 13.8 Å². The lowest BCUT2D eigenvalue weighted by molar-refractivity contribution is -0.113. The van der Waals surface area contributed by atoms with Crippen LogP contribution in [0.2, 0.25) is 0 Å². The summed E-state index contributed by atoms with van der Waals surface area (Å²) >= 11 is 1.30. The minimum absolute atomic E-state index is 0.106. The van der Waals surface area contributed by atoms with Gasteiger partial charge in [0.25, 0.3) is 0 Å². The Hall–Kier alpha value is -2.61. The van der Waals surface area contributed by atoms with Crippen LogP contribution in [0.25, 0.3) is 5.69 Å². The molecular weight excluding hydrogens is 312 g/mol. The minimum atomic E-state index is -0.106. The molecule has 2 aromatic heterocycles. The Morgan fingerprint density at radius 3 is 2.78 bits per heavy atom. The molecule has 0 aliphatic heterocycles. The van der Waals surface area contributed by atoms with Crippen molar-refractivity contribution in [3.63, 3.8) is 0 Å². The van der Waals surface area contributed by atoms with Crippen molar-refractivity contribution in [1.29, 1.82) is 0 Å². The quantitative estimate of drug-likeness (QED) is 0.702. The molecular formula is C15H16N6OS. The number of amides is 1. The van der Waals surface area contributed by atoms with E-state index >= 15 is 0 Å². The largest absolute Gasteiger partial charge is 0.322 e. The van der Waals surface area contributed by atoms with Gasteiger partial charge in [-0.2, -0.15) is 10.2 Å². The third-order valence-electron chi connectivity index (χ3n) is 3.29. The third-order valence-corrected chi connectivity index (χ3v) is 4.17. The molecule has 8 heteroatoms. The van der Waals surface area contributed by atoms with Gasteiger partial charge in [-0.3, -0.25) is 9.89 Å². The molecule has 118 valence electrons. The van der Waals surface area contributed by atoms with Gasteiger partial charge in [0.1, 0.15) is 6.33 Å². The molecule has 0 radical (unpaired) electrons. The molecule has 2 heterocycles. The van der Waals surface area contributed by atoms with E-state index in [-0.39, 0.29) is 11.7 Å². The lowest BCUT2D eigenvalue weighted by Gasteiger charge is -2.06. The first kappa shape index (κ1) is 15.3. The Kier molecular flexibility index (Phi) is 4.42. The van der Waals surface area contributed by atoms with E-state index in [1.807, 2.05) is 48.9 Å². The average Bonchev–Trinajstić information content (AvgIpc) is 3.17. The van der Waals surface area contributed by atoms with E-state index in [1.165, 1.54) is 18.1 Å². The summed E-state index contributed by atoms with van der Waals surface area (Å²) in [5.74, 6) is 0.148. The third kappa shape index (κ3) is 3.42. The first-order chi connectivity index (χ1) is 11.1. The Labute approximate surface area is 137 Å². The predicted octanol–water partition coefficient (Wildman–Crippen LogP) is 2.34. The van der Waals surface area contributed by atoms with Crippen LogP contribution >= 0.6 is 11.8 Å². The van der Waals surface area contributed by atoms with Gasteiger partial charge in [-0.15, -0.1) is 0 Å². The van der Waals surface area contributed by atoms with Crippen LogP contribution in [0.5, 0.6) is 0 Å². The van der Waals surface area contributed by atoms with Gasteiger partial charge in [-0.05, 0) is 26.0 Å². The number of rotatable bonds is 5. The molecule has 0 saturated heterocycles. The summed E-state index contributed by atoms with van der Waals surface area (Å²) < 4.78 is 1.83. The van der Waals surface area contributed by atoms with Gasteiger partial charge < -0.3 is 5.32 Å². The highest BCUT2D eigenvalue weighted by Crippen LogP contribution is 2.23. The summed E-state index contributed by atoms with van der Waals surface area (Å²) in [4.78, 5) is 16.1. The first-order valence-electron chi connectivity index (χ1n) is 7.05. The molecule has 0 fully saturated rings. The number of anilines is 1. The number of carbonyl (C=O) groups excluding carboxylic acids is 1. The van der Waals surface area contributed by atoms with E-state index in [9.17, 15) is 4.79 Å². The van der Waals surface area contributed by atoms with Crippen LogP contribution in [0.1, 0.15) is 11.4 Å². The summed E-state index contributed by atoms with van der Waals surface area (Å²) in [5.41, 5.74) is 3.39. The van der Waals surface area contributed by atoms with Crippen molar-refractivity contribution in [2.45, 2.75) is 19.0 Å². The molecule has 7 nitrogen and oxygen atoms in total. The standard InChI is InChI=1S/C15H16N6OS/c1-10-14(18-13(22)8-23-15-16-9-17-19-15)11(2)21(20-10)12-6-4-3-5-7-12/h3-7,9H,8H2,1-2H3,(H,18,22)(H,16,17,19). The molecule has 0 saturated carbocycles. The fraction of sp³-hybridized carbons (Fsp3) is 0.200. The molecule has 0 unspecified atom stereocenters. The molecule has 0 atom stereocenters. The van der Waals surface area contributed by atoms with Crippen molar-refractivity contribution < 1.29 is 4.79 Å². The van der Waals surface area contributed by atoms with Crippen molar-refractivity contribution >= 4 is 23.4 Å². The Morgan fingerprint density at radius 1 is 1.30 bits per heavy atom. The van der Waals surface area contributed by atoms with Gasteiger partial charge in [0.2, 0.25) is 5.91 Å². The zero-order chi connectivity index (χ0) is 16.2. The molecule has 1 amide bonds. The van der Waals surface area contributed by atoms with Gasteiger partial charge in [-0.25, -0.2) is 9.67 Å². The Morgan fingerprint density at radius 2 is 2.09 bits per heavy atom. The van der Waals surface area contributed by atoms with Crippen LogP contribution < -0.4 is 5.32 Å². The molecule has 3 aromatic rings. The maximum Gasteiger partial charge on any atom is 0.234 e. The second-order valence-electron chi connectivity index (χ2n) is 4.92. The fourth-order valence-corrected chi connectivity index (χ4v) is 2.80. The molecule has 0 spiro atoms. The van der Waals surface area contributed by atoms with Crippen molar-refractivity contribution in [1.82, 2.24) is 25.0 Å². The maximum absolute atomic E-state index is 12.1. The monoisotopic (exact) mass is 328 g/mol. The second kappa shape index (κ2) is 6.66. The number of aromatic amines is 1. The topological polar surface area (TPSA) is 88.5 Å². The van der Waals surface area contributed by atoms with Gasteiger partial charge in [0.05, 0.1) is 28.5 Å². The van der Waals surface area contributed by atoms with Crippen molar-refractivity contribution in [3.8, 4) is 5.69 Å². The number of benzene rings is 1. The Bertz CT molecular complexity index is 797. The van der Waals surface area contributed by atoms with Gasteiger partial charge in [0, 0.05) is 0 Å². The van der Waals surface area contributed by atoms with Crippen LogP contribution in [-0.4, -0.2) is 36.6 Å². The normalized spacial score (nSPS) is 10.7. The first-order valence-corrected chi connectivity index (χ1v) is 8.03. The smallest absolute Gasteiger partial charge is 0.234 e. The minimum Gasteiger partial charge on any atom is -0.322 e. The maximum atomic E-state index is 12.1. The number of carbonyl (C=O) groups is 1. The van der Waals surface area contributed by atoms with E-state index in [2.05, 4.69) is 25.6 Å². The number of nitrogens with zero attached hydrogens (tertiary/aromatic N) is 4. The predicted molar refractivity (Wildman–Crippen MR) is 88.8 cm³/mol. The second-order valence-corrected chi connectivity index (χ2v) is 5.88. The number of aromatic nitrogens is 5. The highest BCUT2D eigenvalue weighted by Gasteiger charge is 2.15. The summed E-state index contributed by atoms with van der Waals surface area (Å²) in [5, 5.41) is 14.5. The van der Waals surface area contributed by atoms with E-state index in [0.717, 1.165) is 22.8 Å². The molecule has 0 bridgehead atoms. The van der Waals surface area contributed by atoms with Crippen LogP contribution in [0.15, 0.2) is 41.8 Å². The summed E-state index contributed by atoms with van der Waals surface area (Å²) in [7, 11) is 0.